The van der Waals surface area contributed by atoms with Gasteiger partial charge in [-0.3, -0.25) is 4.79 Å². The Kier molecular flexibility index (Phi) is 4.99. The monoisotopic (exact) mass is 430 g/mol. The first-order valence-corrected chi connectivity index (χ1v) is 10.1. The molecule has 29 heavy (non-hydrogen) atoms. The molecule has 156 valence electrons. The van der Waals surface area contributed by atoms with Crippen molar-refractivity contribution in [2.45, 2.75) is 30.8 Å². The van der Waals surface area contributed by atoms with E-state index < -0.39 is 50.5 Å². The van der Waals surface area contributed by atoms with Crippen molar-refractivity contribution < 1.29 is 30.8 Å². The van der Waals surface area contributed by atoms with Crippen LogP contribution in [0, 0.1) is 17.2 Å². The second-order valence-corrected chi connectivity index (χ2v) is 9.13. The van der Waals surface area contributed by atoms with Crippen molar-refractivity contribution in [3.05, 3.63) is 59.4 Å². The largest absolute Gasteiger partial charge is 0.418 e. The molecule has 0 bridgehead atoms. The van der Waals surface area contributed by atoms with E-state index in [9.17, 15) is 30.8 Å². The van der Waals surface area contributed by atoms with Gasteiger partial charge in [0.1, 0.15) is 5.82 Å². The number of sulfonamides is 1. The van der Waals surface area contributed by atoms with Crippen LogP contribution in [-0.2, 0) is 21.0 Å². The van der Waals surface area contributed by atoms with Gasteiger partial charge in [0.15, 0.2) is 0 Å². The van der Waals surface area contributed by atoms with Crippen LogP contribution in [0.25, 0.3) is 0 Å². The van der Waals surface area contributed by atoms with Crippen LogP contribution in [0.1, 0.15) is 30.9 Å². The minimum absolute atomic E-state index is 0.0816. The van der Waals surface area contributed by atoms with Crippen molar-refractivity contribution in [1.29, 1.82) is 0 Å². The van der Waals surface area contributed by atoms with E-state index in [4.69, 9.17) is 5.14 Å². The number of nitrogens with one attached hydrogen (secondary N) is 1. The Morgan fingerprint density at radius 1 is 1.10 bits per heavy atom. The van der Waals surface area contributed by atoms with Gasteiger partial charge in [-0.15, -0.1) is 0 Å². The van der Waals surface area contributed by atoms with Gasteiger partial charge < -0.3 is 5.32 Å². The van der Waals surface area contributed by atoms with Crippen molar-refractivity contribution in [3.63, 3.8) is 0 Å². The zero-order valence-electron chi connectivity index (χ0n) is 15.4. The number of halogens is 4. The third kappa shape index (κ3) is 4.13. The van der Waals surface area contributed by atoms with Crippen molar-refractivity contribution in [3.8, 4) is 0 Å². The molecule has 3 N–H and O–H groups in total. The average Bonchev–Trinajstić information content (AvgIpc) is 3.17. The summed E-state index contributed by atoms with van der Waals surface area (Å²) in [5.41, 5.74) is -1.68. The SMILES string of the molecule is CC1(C)C(C(=O)Nc2ccc(F)cc2C(F)(F)F)C1c1ccc(S(N)(=O)=O)cc1. The summed E-state index contributed by atoms with van der Waals surface area (Å²) in [5.74, 6) is -2.66. The van der Waals surface area contributed by atoms with Gasteiger partial charge in [0.05, 0.1) is 22.1 Å². The molecule has 10 heteroatoms. The number of hydrogen-bond acceptors (Lipinski definition) is 3. The maximum absolute atomic E-state index is 13.2. The van der Waals surface area contributed by atoms with Crippen LogP contribution >= 0.6 is 0 Å². The van der Waals surface area contributed by atoms with Gasteiger partial charge in [-0.1, -0.05) is 26.0 Å². The Balaban J connectivity index is 1.84. The van der Waals surface area contributed by atoms with Gasteiger partial charge in [-0.25, -0.2) is 17.9 Å². The predicted molar refractivity (Wildman–Crippen MR) is 97.9 cm³/mol. The molecule has 2 unspecified atom stereocenters. The highest BCUT2D eigenvalue weighted by Crippen LogP contribution is 2.64. The Labute approximate surface area is 165 Å². The van der Waals surface area contributed by atoms with Crippen molar-refractivity contribution in [1.82, 2.24) is 0 Å². The zero-order valence-corrected chi connectivity index (χ0v) is 16.2. The standard InChI is InChI=1S/C19H18F4N2O3S/c1-18(2)15(10-3-6-12(7-4-10)29(24,27)28)16(18)17(26)25-14-8-5-11(20)9-13(14)19(21,22)23/h3-9,15-16H,1-2H3,(H,25,26)(H2,24,27,28). The van der Waals surface area contributed by atoms with Crippen LogP contribution < -0.4 is 10.5 Å². The highest BCUT2D eigenvalue weighted by atomic mass is 32.2. The van der Waals surface area contributed by atoms with Gasteiger partial charge in [0.25, 0.3) is 0 Å². The molecular weight excluding hydrogens is 412 g/mol. The third-order valence-corrected chi connectivity index (χ3v) is 6.15. The Bertz CT molecular complexity index is 1060. The summed E-state index contributed by atoms with van der Waals surface area (Å²) < 4.78 is 75.4. The summed E-state index contributed by atoms with van der Waals surface area (Å²) in [5, 5.41) is 7.32. The molecule has 1 amide bonds. The maximum Gasteiger partial charge on any atom is 0.418 e. The predicted octanol–water partition coefficient (Wildman–Crippen LogP) is 3.87. The van der Waals surface area contributed by atoms with E-state index in [-0.39, 0.29) is 10.8 Å². The first-order valence-electron chi connectivity index (χ1n) is 8.53. The molecule has 0 saturated heterocycles. The molecule has 0 radical (unpaired) electrons. The number of carbonyl (C=O) groups is 1. The van der Waals surface area contributed by atoms with Gasteiger partial charge >= 0.3 is 6.18 Å². The lowest BCUT2D eigenvalue weighted by atomic mass is 10.0. The fourth-order valence-electron chi connectivity index (χ4n) is 3.68. The number of hydrogen-bond donors (Lipinski definition) is 2. The summed E-state index contributed by atoms with van der Waals surface area (Å²) in [6.07, 6.45) is -4.83. The number of rotatable bonds is 4. The second kappa shape index (κ2) is 6.81. The minimum atomic E-state index is -4.83. The lowest BCUT2D eigenvalue weighted by Gasteiger charge is -2.14. The molecule has 2 aromatic rings. The van der Waals surface area contributed by atoms with Crippen LogP contribution in [0.2, 0.25) is 0 Å². The number of primary sulfonamides is 1. The van der Waals surface area contributed by atoms with Crippen molar-refractivity contribution in [2.24, 2.45) is 16.5 Å². The molecule has 0 spiro atoms. The van der Waals surface area contributed by atoms with Crippen LogP contribution in [0.5, 0.6) is 0 Å². The van der Waals surface area contributed by atoms with E-state index in [1.807, 2.05) is 0 Å². The molecule has 0 aliphatic heterocycles. The molecule has 1 aliphatic carbocycles. The van der Waals surface area contributed by atoms with Crippen molar-refractivity contribution >= 4 is 21.6 Å². The molecule has 0 aromatic heterocycles. The molecule has 5 nitrogen and oxygen atoms in total. The normalized spacial score (nSPS) is 20.9. The first kappa shape index (κ1) is 21.3. The molecule has 1 fully saturated rings. The lowest BCUT2D eigenvalue weighted by Crippen LogP contribution is -2.20. The first-order chi connectivity index (χ1) is 13.2. The lowest BCUT2D eigenvalue weighted by molar-refractivity contribution is -0.137. The van der Waals surface area contributed by atoms with Crippen molar-refractivity contribution in [2.75, 3.05) is 5.32 Å². The van der Waals surface area contributed by atoms with Crippen LogP contribution in [0.15, 0.2) is 47.4 Å². The molecule has 2 aromatic carbocycles. The van der Waals surface area contributed by atoms with E-state index >= 15 is 0 Å². The van der Waals surface area contributed by atoms with Crippen LogP contribution in [0.3, 0.4) is 0 Å². The topological polar surface area (TPSA) is 89.3 Å². The highest BCUT2D eigenvalue weighted by Gasteiger charge is 2.62. The fourth-order valence-corrected chi connectivity index (χ4v) is 4.20. The second-order valence-electron chi connectivity index (χ2n) is 7.57. The summed E-state index contributed by atoms with van der Waals surface area (Å²) in [6, 6.07) is 7.73. The molecule has 1 aliphatic rings. The number of amides is 1. The number of benzene rings is 2. The zero-order chi connectivity index (χ0) is 21.8. The van der Waals surface area contributed by atoms with E-state index in [1.54, 1.807) is 13.8 Å². The number of nitrogens with two attached hydrogens (primary N) is 1. The maximum atomic E-state index is 13.2. The third-order valence-electron chi connectivity index (χ3n) is 5.22. The summed E-state index contributed by atoms with van der Waals surface area (Å²) >= 11 is 0. The molecule has 2 atom stereocenters. The van der Waals surface area contributed by atoms with E-state index in [0.717, 1.165) is 12.1 Å². The van der Waals surface area contributed by atoms with Gasteiger partial charge in [-0.2, -0.15) is 13.2 Å². The Hall–Kier alpha value is -2.46. The molecular formula is C19H18F4N2O3S. The molecule has 0 heterocycles. The number of alkyl halides is 3. The van der Waals surface area contributed by atoms with E-state index in [0.29, 0.717) is 11.6 Å². The van der Waals surface area contributed by atoms with Crippen LogP contribution in [-0.4, -0.2) is 14.3 Å². The van der Waals surface area contributed by atoms with E-state index in [1.165, 1.54) is 24.3 Å². The Morgan fingerprint density at radius 2 is 1.69 bits per heavy atom. The van der Waals surface area contributed by atoms with Gasteiger partial charge in [0, 0.05) is 5.92 Å². The highest BCUT2D eigenvalue weighted by molar-refractivity contribution is 7.89. The summed E-state index contributed by atoms with van der Waals surface area (Å²) in [4.78, 5) is 12.6. The fraction of sp³-hybridized carbons (Fsp3) is 0.316. The number of carbonyl (C=O) groups excluding carboxylic acids is 1. The quantitative estimate of drug-likeness (QED) is 0.722. The average molecular weight is 430 g/mol. The minimum Gasteiger partial charge on any atom is -0.325 e. The van der Waals surface area contributed by atoms with Gasteiger partial charge in [0.2, 0.25) is 15.9 Å². The summed E-state index contributed by atoms with van der Waals surface area (Å²) in [7, 11) is -3.86. The van der Waals surface area contributed by atoms with Gasteiger partial charge in [-0.05, 0) is 41.3 Å². The summed E-state index contributed by atoms with van der Waals surface area (Å²) in [6.45, 7) is 3.57. The number of anilines is 1. The molecule has 3 rings (SSSR count). The van der Waals surface area contributed by atoms with Crippen LogP contribution in [0.4, 0.5) is 23.2 Å². The molecule has 1 saturated carbocycles. The Morgan fingerprint density at radius 3 is 2.21 bits per heavy atom. The smallest absolute Gasteiger partial charge is 0.325 e. The van der Waals surface area contributed by atoms with E-state index in [2.05, 4.69) is 5.32 Å².